The molecule has 0 bridgehead atoms. The Morgan fingerprint density at radius 2 is 2.00 bits per heavy atom. The molecule has 7 heteroatoms. The molecular formula is C3H10KO5P. The van der Waals surface area contributed by atoms with Crippen molar-refractivity contribution in [1.29, 1.82) is 0 Å². The van der Waals surface area contributed by atoms with Crippen LogP contribution in [0.5, 0.6) is 0 Å². The Labute approximate surface area is 103 Å². The molecule has 0 aromatic carbocycles. The predicted molar refractivity (Wildman–Crippen MR) is 30.8 cm³/mol. The molecule has 0 aliphatic carbocycles. The molecule has 0 saturated heterocycles. The summed E-state index contributed by atoms with van der Waals surface area (Å²) >= 11 is 0. The van der Waals surface area contributed by atoms with Gasteiger partial charge in [-0.25, -0.2) is 4.57 Å². The van der Waals surface area contributed by atoms with Crippen molar-refractivity contribution in [2.45, 2.75) is 6.42 Å². The molecule has 0 aliphatic heterocycles. The normalized spacial score (nSPS) is 10.7. The summed E-state index contributed by atoms with van der Waals surface area (Å²) in [5.41, 5.74) is 0. The summed E-state index contributed by atoms with van der Waals surface area (Å²) in [5, 5.41) is 8.13. The predicted octanol–water partition coefficient (Wildman–Crippen LogP) is -3.41. The van der Waals surface area contributed by atoms with Crippen molar-refractivity contribution in [2.75, 3.05) is 13.2 Å². The van der Waals surface area contributed by atoms with Gasteiger partial charge in [-0.2, -0.15) is 0 Å². The first-order valence-electron chi connectivity index (χ1n) is 2.37. The first-order valence-corrected chi connectivity index (χ1v) is 3.90. The molecular weight excluding hydrogens is 186 g/mol. The van der Waals surface area contributed by atoms with Gasteiger partial charge in [0.2, 0.25) is 0 Å². The second-order valence-electron chi connectivity index (χ2n) is 1.40. The number of rotatable bonds is 4. The van der Waals surface area contributed by atoms with Crippen LogP contribution in [0.1, 0.15) is 7.85 Å². The maximum atomic E-state index is 9.90. The van der Waals surface area contributed by atoms with Gasteiger partial charge in [-0.05, 0) is 6.42 Å². The van der Waals surface area contributed by atoms with E-state index in [0.29, 0.717) is 0 Å². The second-order valence-corrected chi connectivity index (χ2v) is 2.64. The van der Waals surface area contributed by atoms with E-state index in [0.717, 1.165) is 0 Å². The van der Waals surface area contributed by atoms with Gasteiger partial charge in [-0.3, -0.25) is 4.52 Å². The van der Waals surface area contributed by atoms with Crippen LogP contribution in [0.25, 0.3) is 0 Å². The standard InChI is InChI=1S/C3H9O5P.K.H/c4-2-1-3-8-9(5,6)7;;/h4H,1-3H2,(H2,5,6,7);;/q;+1;-1. The summed E-state index contributed by atoms with van der Waals surface area (Å²) in [6.07, 6.45) is 0.241. The molecule has 0 amide bonds. The van der Waals surface area contributed by atoms with Gasteiger partial charge < -0.3 is 16.3 Å². The third-order valence-corrected chi connectivity index (χ3v) is 1.08. The van der Waals surface area contributed by atoms with Crippen molar-refractivity contribution in [3.05, 3.63) is 0 Å². The van der Waals surface area contributed by atoms with E-state index in [4.69, 9.17) is 14.9 Å². The van der Waals surface area contributed by atoms with Crippen molar-refractivity contribution in [1.82, 2.24) is 0 Å². The van der Waals surface area contributed by atoms with E-state index >= 15 is 0 Å². The number of aliphatic hydroxyl groups excluding tert-OH is 1. The monoisotopic (exact) mass is 196 g/mol. The van der Waals surface area contributed by atoms with Crippen molar-refractivity contribution in [2.24, 2.45) is 0 Å². The summed E-state index contributed by atoms with van der Waals surface area (Å²) in [4.78, 5) is 16.1. The summed E-state index contributed by atoms with van der Waals surface area (Å²) in [6.45, 7) is -0.235. The molecule has 0 aromatic heterocycles. The van der Waals surface area contributed by atoms with Gasteiger partial charge >= 0.3 is 59.2 Å². The smallest absolute Gasteiger partial charge is 1.00 e. The average Bonchev–Trinajstić information content (AvgIpc) is 1.63. The molecule has 0 heterocycles. The van der Waals surface area contributed by atoms with Crippen LogP contribution >= 0.6 is 7.82 Å². The maximum Gasteiger partial charge on any atom is 1.00 e. The molecule has 58 valence electrons. The van der Waals surface area contributed by atoms with Gasteiger partial charge in [-0.1, -0.05) is 0 Å². The van der Waals surface area contributed by atoms with E-state index in [1.54, 1.807) is 0 Å². The van der Waals surface area contributed by atoms with E-state index in [-0.39, 0.29) is 72.4 Å². The largest absolute Gasteiger partial charge is 1.00 e. The van der Waals surface area contributed by atoms with Gasteiger partial charge in [-0.15, -0.1) is 0 Å². The number of phosphoric acid groups is 1. The molecule has 0 aliphatic rings. The molecule has 0 fully saturated rings. The van der Waals surface area contributed by atoms with Crippen molar-refractivity contribution in [3.63, 3.8) is 0 Å². The number of phosphoric ester groups is 1. The van der Waals surface area contributed by atoms with Gasteiger partial charge in [0.25, 0.3) is 0 Å². The third kappa shape index (κ3) is 12.4. The minimum atomic E-state index is -4.31. The summed E-state index contributed by atoms with van der Waals surface area (Å²) in [6, 6.07) is 0. The van der Waals surface area contributed by atoms with E-state index in [1.165, 1.54) is 0 Å². The van der Waals surface area contributed by atoms with Crippen LogP contribution in [-0.4, -0.2) is 28.1 Å². The summed E-state index contributed by atoms with van der Waals surface area (Å²) in [7, 11) is -4.31. The van der Waals surface area contributed by atoms with Gasteiger partial charge in [0, 0.05) is 6.61 Å². The average molecular weight is 196 g/mol. The molecule has 3 N–H and O–H groups in total. The molecule has 0 saturated carbocycles. The minimum Gasteiger partial charge on any atom is -1.00 e. The molecule has 0 unspecified atom stereocenters. The molecule has 0 atom stereocenters. The fraction of sp³-hybridized carbons (Fsp3) is 1.00. The van der Waals surface area contributed by atoms with Crippen LogP contribution in [0, 0.1) is 0 Å². The Hall–Kier alpha value is 1.71. The molecule has 5 nitrogen and oxygen atoms in total. The first-order chi connectivity index (χ1) is 4.06. The Balaban J connectivity index is -0.000000320. The minimum absolute atomic E-state index is 0. The molecule has 0 spiro atoms. The maximum absolute atomic E-state index is 9.90. The van der Waals surface area contributed by atoms with Gasteiger partial charge in [0.15, 0.2) is 0 Å². The second kappa shape index (κ2) is 7.36. The fourth-order valence-electron chi connectivity index (χ4n) is 0.248. The zero-order valence-corrected chi connectivity index (χ0v) is 9.74. The number of hydrogen-bond acceptors (Lipinski definition) is 3. The van der Waals surface area contributed by atoms with E-state index in [1.807, 2.05) is 0 Å². The zero-order chi connectivity index (χ0) is 7.33. The Kier molecular flexibility index (Phi) is 10.5. The molecule has 0 radical (unpaired) electrons. The quantitative estimate of drug-likeness (QED) is 0.248. The van der Waals surface area contributed by atoms with E-state index in [2.05, 4.69) is 4.52 Å². The van der Waals surface area contributed by atoms with E-state index < -0.39 is 7.82 Å². The number of aliphatic hydroxyl groups is 1. The van der Waals surface area contributed by atoms with Crippen molar-refractivity contribution in [3.8, 4) is 0 Å². The summed E-state index contributed by atoms with van der Waals surface area (Å²) < 4.78 is 13.9. The Morgan fingerprint density at radius 3 is 2.30 bits per heavy atom. The van der Waals surface area contributed by atoms with Crippen LogP contribution in [-0.2, 0) is 9.09 Å². The van der Waals surface area contributed by atoms with Gasteiger partial charge in [0.1, 0.15) is 0 Å². The topological polar surface area (TPSA) is 87.0 Å². The SMILES string of the molecule is O=P(O)(O)OCCCO.[H-].[K+]. The first kappa shape index (κ1) is 14.2. The van der Waals surface area contributed by atoms with Crippen molar-refractivity contribution >= 4 is 7.82 Å². The fourth-order valence-corrected chi connectivity index (χ4v) is 0.615. The van der Waals surface area contributed by atoms with E-state index in [9.17, 15) is 4.57 Å². The summed E-state index contributed by atoms with van der Waals surface area (Å²) in [5.74, 6) is 0. The molecule has 0 aromatic rings. The third-order valence-electron chi connectivity index (χ3n) is 0.562. The Morgan fingerprint density at radius 1 is 1.50 bits per heavy atom. The zero-order valence-electron chi connectivity index (χ0n) is 6.73. The molecule has 0 rings (SSSR count). The van der Waals surface area contributed by atoms with Crippen LogP contribution in [0.15, 0.2) is 0 Å². The van der Waals surface area contributed by atoms with Crippen LogP contribution in [0.2, 0.25) is 0 Å². The van der Waals surface area contributed by atoms with Crippen LogP contribution < -0.4 is 51.4 Å². The van der Waals surface area contributed by atoms with Crippen LogP contribution in [0.4, 0.5) is 0 Å². The number of hydrogen-bond donors (Lipinski definition) is 3. The molecule has 10 heavy (non-hydrogen) atoms. The van der Waals surface area contributed by atoms with Gasteiger partial charge in [0.05, 0.1) is 6.61 Å². The van der Waals surface area contributed by atoms with Crippen LogP contribution in [0.3, 0.4) is 0 Å². The van der Waals surface area contributed by atoms with Crippen molar-refractivity contribution < 1.29 is 76.8 Å². The Bertz CT molecular complexity index is 116.